The molecule has 5 nitrogen and oxygen atoms in total. The average Bonchev–Trinajstić information content (AvgIpc) is 2.82. The second-order valence-electron chi connectivity index (χ2n) is 8.70. The number of ether oxygens (including phenoxy) is 1. The van der Waals surface area contributed by atoms with Gasteiger partial charge in [-0.15, -0.1) is 0 Å². The van der Waals surface area contributed by atoms with Gasteiger partial charge in [0.2, 0.25) is 0 Å². The van der Waals surface area contributed by atoms with Crippen molar-refractivity contribution in [3.05, 3.63) is 42.5 Å². The molecule has 2 aromatic rings. The summed E-state index contributed by atoms with van der Waals surface area (Å²) in [4.78, 5) is 9.83. The minimum Gasteiger partial charge on any atom is -0.491 e. The Morgan fingerprint density at radius 2 is 1.21 bits per heavy atom. The van der Waals surface area contributed by atoms with Gasteiger partial charge >= 0.3 is 7.82 Å². The van der Waals surface area contributed by atoms with Gasteiger partial charge in [-0.05, 0) is 17.9 Å². The van der Waals surface area contributed by atoms with Gasteiger partial charge in [-0.3, -0.25) is 9.05 Å². The Kier molecular flexibility index (Phi) is 14.4. The van der Waals surface area contributed by atoms with E-state index in [1.165, 1.54) is 64.2 Å². The molecule has 0 bridgehead atoms. The first kappa shape index (κ1) is 27.9. The summed E-state index contributed by atoms with van der Waals surface area (Å²) >= 11 is 0. The van der Waals surface area contributed by atoms with Gasteiger partial charge in [0, 0.05) is 5.39 Å². The van der Waals surface area contributed by atoms with Gasteiger partial charge in [0.25, 0.3) is 0 Å². The quantitative estimate of drug-likeness (QED) is 0.153. The number of phosphoric acid groups is 1. The Balaban J connectivity index is 1.43. The highest BCUT2D eigenvalue weighted by Gasteiger charge is 2.20. The fourth-order valence-corrected chi connectivity index (χ4v) is 4.70. The highest BCUT2D eigenvalue weighted by molar-refractivity contribution is 7.47. The molecule has 2 rings (SSSR count). The van der Waals surface area contributed by atoms with Crippen molar-refractivity contribution < 1.29 is 23.2 Å². The Morgan fingerprint density at radius 1 is 0.667 bits per heavy atom. The van der Waals surface area contributed by atoms with E-state index in [1.807, 2.05) is 42.5 Å². The number of phosphoric ester groups is 1. The smallest absolute Gasteiger partial charge is 0.472 e. The van der Waals surface area contributed by atoms with Crippen LogP contribution in [0, 0.1) is 0 Å². The van der Waals surface area contributed by atoms with Crippen LogP contribution in [0.25, 0.3) is 10.8 Å². The minimum atomic E-state index is -4.03. The van der Waals surface area contributed by atoms with Crippen molar-refractivity contribution in [1.29, 1.82) is 0 Å². The third-order valence-corrected chi connectivity index (χ3v) is 6.87. The van der Waals surface area contributed by atoms with Crippen molar-refractivity contribution in [3.63, 3.8) is 0 Å². The molecular formula is C27H43O5P. The number of unbranched alkanes of at least 4 members (excludes halogenated alkanes) is 12. The molecule has 1 atom stereocenters. The van der Waals surface area contributed by atoms with Crippen molar-refractivity contribution in [2.75, 3.05) is 19.8 Å². The zero-order chi connectivity index (χ0) is 23.6. The summed E-state index contributed by atoms with van der Waals surface area (Å²) in [5.74, 6) is 0.734. The molecule has 0 amide bonds. The zero-order valence-electron chi connectivity index (χ0n) is 20.4. The molecular weight excluding hydrogens is 435 g/mol. The Morgan fingerprint density at radius 3 is 1.88 bits per heavy atom. The summed E-state index contributed by atoms with van der Waals surface area (Å²) in [6.45, 7) is 2.68. The predicted molar refractivity (Wildman–Crippen MR) is 137 cm³/mol. The summed E-state index contributed by atoms with van der Waals surface area (Å²) in [5, 5.41) is 2.09. The molecule has 0 aliphatic heterocycles. The zero-order valence-corrected chi connectivity index (χ0v) is 21.3. The largest absolute Gasteiger partial charge is 0.491 e. The third-order valence-electron chi connectivity index (χ3n) is 5.85. The lowest BCUT2D eigenvalue weighted by atomic mass is 10.0. The summed E-state index contributed by atoms with van der Waals surface area (Å²) in [7, 11) is -4.03. The van der Waals surface area contributed by atoms with Crippen molar-refractivity contribution in [2.45, 2.75) is 90.4 Å². The highest BCUT2D eigenvalue weighted by atomic mass is 31.2. The minimum absolute atomic E-state index is 0.00436. The lowest BCUT2D eigenvalue weighted by Crippen LogP contribution is -2.07. The normalized spacial score (nSPS) is 13.3. The third kappa shape index (κ3) is 12.6. The van der Waals surface area contributed by atoms with E-state index >= 15 is 0 Å². The van der Waals surface area contributed by atoms with Crippen LogP contribution in [0.5, 0.6) is 5.75 Å². The van der Waals surface area contributed by atoms with Crippen molar-refractivity contribution in [3.8, 4) is 5.75 Å². The van der Waals surface area contributed by atoms with Gasteiger partial charge in [-0.1, -0.05) is 120 Å². The number of hydrogen-bond donors (Lipinski definition) is 1. The van der Waals surface area contributed by atoms with Crippen LogP contribution in [-0.2, 0) is 13.6 Å². The van der Waals surface area contributed by atoms with Crippen LogP contribution in [0.3, 0.4) is 0 Å². The molecule has 2 aromatic carbocycles. The molecule has 0 aliphatic rings. The number of benzene rings is 2. The number of hydrogen-bond acceptors (Lipinski definition) is 4. The first-order chi connectivity index (χ1) is 16.1. The SMILES string of the molecule is CCCCCCCCCCCCCCCOP(=O)(O)OCCOc1cccc2ccccc12. The highest BCUT2D eigenvalue weighted by Crippen LogP contribution is 2.43. The maximum atomic E-state index is 12.0. The van der Waals surface area contributed by atoms with E-state index < -0.39 is 7.82 Å². The molecule has 0 aromatic heterocycles. The Hall–Kier alpha value is -1.39. The van der Waals surface area contributed by atoms with E-state index in [0.29, 0.717) is 0 Å². The molecule has 0 fully saturated rings. The molecule has 6 heteroatoms. The molecule has 0 heterocycles. The van der Waals surface area contributed by atoms with Crippen LogP contribution in [0.4, 0.5) is 0 Å². The van der Waals surface area contributed by atoms with Crippen LogP contribution in [0.15, 0.2) is 42.5 Å². The van der Waals surface area contributed by atoms with Crippen LogP contribution < -0.4 is 4.74 Å². The van der Waals surface area contributed by atoms with Crippen LogP contribution in [0.2, 0.25) is 0 Å². The van der Waals surface area contributed by atoms with Gasteiger partial charge in [-0.25, -0.2) is 4.57 Å². The summed E-state index contributed by atoms with van der Waals surface area (Å²) < 4.78 is 27.9. The van der Waals surface area contributed by atoms with E-state index in [4.69, 9.17) is 13.8 Å². The van der Waals surface area contributed by atoms with Crippen molar-refractivity contribution in [1.82, 2.24) is 0 Å². The lowest BCUT2D eigenvalue weighted by molar-refractivity contribution is 0.128. The summed E-state index contributed by atoms with van der Waals surface area (Å²) in [6, 6.07) is 13.8. The molecule has 33 heavy (non-hydrogen) atoms. The first-order valence-electron chi connectivity index (χ1n) is 12.8. The van der Waals surface area contributed by atoms with E-state index in [-0.39, 0.29) is 19.8 Å². The fourth-order valence-electron chi connectivity index (χ4n) is 3.96. The van der Waals surface area contributed by atoms with Gasteiger partial charge in [0.05, 0.1) is 13.2 Å². The lowest BCUT2D eigenvalue weighted by Gasteiger charge is -2.13. The molecule has 0 aliphatic carbocycles. The monoisotopic (exact) mass is 478 g/mol. The topological polar surface area (TPSA) is 65.0 Å². The molecule has 1 unspecified atom stereocenters. The predicted octanol–water partition coefficient (Wildman–Crippen LogP) is 8.44. The van der Waals surface area contributed by atoms with Gasteiger partial charge < -0.3 is 9.63 Å². The van der Waals surface area contributed by atoms with E-state index in [9.17, 15) is 9.46 Å². The maximum absolute atomic E-state index is 12.0. The van der Waals surface area contributed by atoms with E-state index in [2.05, 4.69) is 6.92 Å². The summed E-state index contributed by atoms with van der Waals surface area (Å²) in [6.07, 6.45) is 16.4. The second-order valence-corrected chi connectivity index (χ2v) is 10.2. The molecule has 1 N–H and O–H groups in total. The standard InChI is InChI=1S/C27H43O5P/c1-2-3-4-5-6-7-8-9-10-11-12-13-16-22-31-33(28,29)32-24-23-30-27-21-17-19-25-18-14-15-20-26(25)27/h14-15,17-21H,2-13,16,22-24H2,1H3,(H,28,29). The van der Waals surface area contributed by atoms with Crippen LogP contribution in [0.1, 0.15) is 90.4 Å². The average molecular weight is 479 g/mol. The molecule has 0 saturated heterocycles. The van der Waals surface area contributed by atoms with E-state index in [0.717, 1.165) is 35.8 Å². The first-order valence-corrected chi connectivity index (χ1v) is 14.3. The molecule has 186 valence electrons. The number of fused-ring (bicyclic) bond motifs is 1. The van der Waals surface area contributed by atoms with E-state index in [1.54, 1.807) is 0 Å². The molecule has 0 spiro atoms. The number of rotatable bonds is 20. The summed E-state index contributed by atoms with van der Waals surface area (Å²) in [5.41, 5.74) is 0. The van der Waals surface area contributed by atoms with Crippen molar-refractivity contribution in [2.24, 2.45) is 0 Å². The van der Waals surface area contributed by atoms with Gasteiger partial charge in [0.15, 0.2) is 0 Å². The van der Waals surface area contributed by atoms with Crippen LogP contribution in [-0.4, -0.2) is 24.7 Å². The fraction of sp³-hybridized carbons (Fsp3) is 0.630. The maximum Gasteiger partial charge on any atom is 0.472 e. The van der Waals surface area contributed by atoms with Gasteiger partial charge in [-0.2, -0.15) is 0 Å². The Labute approximate surface area is 200 Å². The second kappa shape index (κ2) is 17.1. The van der Waals surface area contributed by atoms with Crippen LogP contribution >= 0.6 is 7.82 Å². The Bertz CT molecular complexity index is 805. The molecule has 0 radical (unpaired) electrons. The van der Waals surface area contributed by atoms with Gasteiger partial charge in [0.1, 0.15) is 12.4 Å². The van der Waals surface area contributed by atoms with Crippen molar-refractivity contribution >= 4 is 18.6 Å². The molecule has 0 saturated carbocycles.